The zero-order chi connectivity index (χ0) is 23.4. The van der Waals surface area contributed by atoms with E-state index in [0.29, 0.717) is 30.4 Å². The average molecular weight is 448 g/mol. The summed E-state index contributed by atoms with van der Waals surface area (Å²) in [5.41, 5.74) is 14.1. The molecule has 4 rings (SSSR count). The van der Waals surface area contributed by atoms with Crippen molar-refractivity contribution in [3.05, 3.63) is 57.5 Å². The van der Waals surface area contributed by atoms with Crippen molar-refractivity contribution in [1.82, 2.24) is 0 Å². The molecular formula is C26H29N3O4. The van der Waals surface area contributed by atoms with Gasteiger partial charge in [-0.3, -0.25) is 9.59 Å². The zero-order valence-corrected chi connectivity index (χ0v) is 19.2. The maximum absolute atomic E-state index is 12.5. The van der Waals surface area contributed by atoms with Gasteiger partial charge in [0.25, 0.3) is 0 Å². The predicted octanol–water partition coefficient (Wildman–Crippen LogP) is 6.28. The van der Waals surface area contributed by atoms with Crippen LogP contribution in [0.3, 0.4) is 0 Å². The second kappa shape index (κ2) is 10.1. The summed E-state index contributed by atoms with van der Waals surface area (Å²) in [5.74, 6) is 0.809. The number of hydrogen-bond donors (Lipinski definition) is 0. The molecular weight excluding hydrogens is 418 g/mol. The van der Waals surface area contributed by atoms with Crippen molar-refractivity contribution < 1.29 is 19.1 Å². The van der Waals surface area contributed by atoms with Gasteiger partial charge in [0.15, 0.2) is 11.5 Å². The van der Waals surface area contributed by atoms with Crippen LogP contribution in [0.2, 0.25) is 0 Å². The number of rotatable bonds is 8. The fourth-order valence-electron chi connectivity index (χ4n) is 5.03. The summed E-state index contributed by atoms with van der Waals surface area (Å²) in [6, 6.07) is 10.1. The summed E-state index contributed by atoms with van der Waals surface area (Å²) >= 11 is 0. The van der Waals surface area contributed by atoms with Crippen LogP contribution in [0.4, 0.5) is 0 Å². The van der Waals surface area contributed by atoms with E-state index in [2.05, 4.69) is 35.1 Å². The highest BCUT2D eigenvalue weighted by atomic mass is 16.6. The largest absolute Gasteiger partial charge is 0.422 e. The van der Waals surface area contributed by atoms with E-state index in [1.807, 2.05) is 13.0 Å². The first-order valence-corrected chi connectivity index (χ1v) is 11.7. The first-order chi connectivity index (χ1) is 16.0. The smallest absolute Gasteiger partial charge is 0.311 e. The fraction of sp³-hybridized carbons (Fsp3) is 0.462. The molecule has 33 heavy (non-hydrogen) atoms. The molecule has 172 valence electrons. The number of ether oxygens (including phenoxy) is 2. The van der Waals surface area contributed by atoms with Gasteiger partial charge >= 0.3 is 11.9 Å². The highest BCUT2D eigenvalue weighted by Crippen LogP contribution is 2.53. The molecule has 7 nitrogen and oxygen atoms in total. The predicted molar refractivity (Wildman–Crippen MR) is 125 cm³/mol. The first-order valence-electron chi connectivity index (χ1n) is 11.7. The first kappa shape index (κ1) is 22.9. The van der Waals surface area contributed by atoms with Crippen molar-refractivity contribution in [1.29, 1.82) is 0 Å². The topological polar surface area (TPSA) is 101 Å². The van der Waals surface area contributed by atoms with Crippen LogP contribution in [0.5, 0.6) is 11.5 Å². The summed E-state index contributed by atoms with van der Waals surface area (Å²) in [5, 5.41) is 3.45. The van der Waals surface area contributed by atoms with Crippen molar-refractivity contribution in [3.63, 3.8) is 0 Å². The van der Waals surface area contributed by atoms with E-state index < -0.39 is 5.97 Å². The van der Waals surface area contributed by atoms with Crippen LogP contribution in [0, 0.1) is 5.92 Å². The van der Waals surface area contributed by atoms with Gasteiger partial charge in [-0.05, 0) is 77.8 Å². The van der Waals surface area contributed by atoms with E-state index in [1.165, 1.54) is 17.5 Å². The summed E-state index contributed by atoms with van der Waals surface area (Å²) in [7, 11) is 0. The quantitative estimate of drug-likeness (QED) is 0.119. The zero-order valence-electron chi connectivity index (χ0n) is 19.2. The SMILES string of the molecule is CCCC(=O)Oc1c(OC(=O)CCCN=[N+]=[N-])ccc2c1-c1cccc3c1[C@@H](C2)C(C)CC3. The van der Waals surface area contributed by atoms with Crippen molar-refractivity contribution in [3.8, 4) is 22.6 Å². The van der Waals surface area contributed by atoms with Crippen LogP contribution in [0.15, 0.2) is 35.4 Å². The molecule has 0 N–H and O–H groups in total. The Morgan fingerprint density at radius 2 is 1.94 bits per heavy atom. The second-order valence-corrected chi connectivity index (χ2v) is 8.89. The Balaban J connectivity index is 1.75. The summed E-state index contributed by atoms with van der Waals surface area (Å²) < 4.78 is 11.5. The Morgan fingerprint density at radius 3 is 2.73 bits per heavy atom. The number of fused-ring (bicyclic) bond motifs is 2. The molecule has 0 aromatic heterocycles. The molecule has 2 atom stereocenters. The Morgan fingerprint density at radius 1 is 1.12 bits per heavy atom. The Hall–Kier alpha value is -3.31. The van der Waals surface area contributed by atoms with E-state index in [9.17, 15) is 9.59 Å². The molecule has 0 amide bonds. The maximum Gasteiger partial charge on any atom is 0.311 e. The highest BCUT2D eigenvalue weighted by molar-refractivity contribution is 5.87. The second-order valence-electron chi connectivity index (χ2n) is 8.89. The number of carbonyl (C=O) groups excluding carboxylic acids is 2. The molecule has 2 aromatic rings. The van der Waals surface area contributed by atoms with Crippen LogP contribution in [0.25, 0.3) is 21.6 Å². The van der Waals surface area contributed by atoms with Crippen LogP contribution in [-0.4, -0.2) is 18.5 Å². The molecule has 7 heteroatoms. The van der Waals surface area contributed by atoms with Gasteiger partial charge in [0, 0.05) is 29.9 Å². The standard InChI is InChI=1S/C26H29N3O4/c1-3-6-22(30)33-26-21(32-23(31)9-5-14-28-29-27)13-12-18-15-20-16(2)10-11-17-7-4-8-19(24(17)20)25(18)26/h4,7-8,12-13,16,20H,3,5-6,9-11,14-15H2,1-2H3/t16?,20-/m0/s1. The van der Waals surface area contributed by atoms with E-state index in [4.69, 9.17) is 15.0 Å². The van der Waals surface area contributed by atoms with Gasteiger partial charge in [0.2, 0.25) is 0 Å². The fourth-order valence-corrected chi connectivity index (χ4v) is 5.03. The van der Waals surface area contributed by atoms with Crippen molar-refractivity contribution in [2.24, 2.45) is 11.0 Å². The lowest BCUT2D eigenvalue weighted by atomic mass is 9.67. The van der Waals surface area contributed by atoms with Gasteiger partial charge in [-0.15, -0.1) is 0 Å². The molecule has 0 saturated heterocycles. The molecule has 0 saturated carbocycles. The minimum Gasteiger partial charge on any atom is -0.422 e. The van der Waals surface area contributed by atoms with Crippen LogP contribution in [0.1, 0.15) is 68.6 Å². The molecule has 0 aliphatic heterocycles. The minimum atomic E-state index is -0.451. The third-order valence-corrected chi connectivity index (χ3v) is 6.64. The molecule has 0 heterocycles. The number of azide groups is 1. The molecule has 2 aromatic carbocycles. The highest BCUT2D eigenvalue weighted by Gasteiger charge is 2.36. The molecule has 2 aliphatic rings. The molecule has 0 spiro atoms. The molecule has 1 unspecified atom stereocenters. The van der Waals surface area contributed by atoms with Crippen molar-refractivity contribution in [2.75, 3.05) is 6.54 Å². The monoisotopic (exact) mass is 447 g/mol. The lowest BCUT2D eigenvalue weighted by Crippen LogP contribution is -2.25. The van der Waals surface area contributed by atoms with E-state index >= 15 is 0 Å². The summed E-state index contributed by atoms with van der Waals surface area (Å²) in [6.45, 7) is 4.46. The minimum absolute atomic E-state index is 0.110. The van der Waals surface area contributed by atoms with Gasteiger partial charge < -0.3 is 9.47 Å². The van der Waals surface area contributed by atoms with Crippen LogP contribution >= 0.6 is 0 Å². The number of carbonyl (C=O) groups is 2. The Labute approximate surface area is 193 Å². The number of aryl methyl sites for hydroxylation is 1. The number of hydrogen-bond acceptors (Lipinski definition) is 5. The molecule has 0 radical (unpaired) electrons. The Kier molecular flexibility index (Phi) is 6.99. The van der Waals surface area contributed by atoms with Gasteiger partial charge in [-0.25, -0.2) is 0 Å². The van der Waals surface area contributed by atoms with Gasteiger partial charge in [0.05, 0.1) is 0 Å². The van der Waals surface area contributed by atoms with Gasteiger partial charge in [-0.2, -0.15) is 0 Å². The van der Waals surface area contributed by atoms with Crippen LogP contribution < -0.4 is 9.47 Å². The Bertz CT molecular complexity index is 1120. The number of nitrogens with zero attached hydrogens (tertiary/aromatic N) is 3. The summed E-state index contributed by atoms with van der Waals surface area (Å²) in [6.07, 6.45) is 4.54. The van der Waals surface area contributed by atoms with E-state index in [0.717, 1.165) is 29.5 Å². The lowest BCUT2D eigenvalue weighted by Gasteiger charge is -2.38. The third kappa shape index (κ3) is 4.74. The molecule has 0 bridgehead atoms. The maximum atomic E-state index is 12.5. The van der Waals surface area contributed by atoms with E-state index in [1.54, 1.807) is 6.07 Å². The lowest BCUT2D eigenvalue weighted by molar-refractivity contribution is -0.137. The van der Waals surface area contributed by atoms with Crippen LogP contribution in [-0.2, 0) is 22.4 Å². The number of esters is 2. The van der Waals surface area contributed by atoms with Crippen molar-refractivity contribution >= 4 is 11.9 Å². The summed E-state index contributed by atoms with van der Waals surface area (Å²) in [4.78, 5) is 27.7. The average Bonchev–Trinajstić information content (AvgIpc) is 2.80. The molecule has 2 aliphatic carbocycles. The number of benzene rings is 2. The van der Waals surface area contributed by atoms with Gasteiger partial charge in [0.1, 0.15) is 0 Å². The van der Waals surface area contributed by atoms with Crippen molar-refractivity contribution in [2.45, 2.75) is 64.7 Å². The normalized spacial score (nSPS) is 17.9. The van der Waals surface area contributed by atoms with E-state index in [-0.39, 0.29) is 31.1 Å². The molecule has 0 fully saturated rings. The van der Waals surface area contributed by atoms with Gasteiger partial charge in [-0.1, -0.05) is 43.2 Å². The third-order valence-electron chi connectivity index (χ3n) is 6.64.